The van der Waals surface area contributed by atoms with Crippen molar-refractivity contribution in [3.05, 3.63) is 0 Å². The van der Waals surface area contributed by atoms with Crippen molar-refractivity contribution in [2.75, 3.05) is 19.8 Å². The maximum absolute atomic E-state index is 12.0. The van der Waals surface area contributed by atoms with Gasteiger partial charge in [0.05, 0.1) is 19.8 Å². The van der Waals surface area contributed by atoms with Crippen molar-refractivity contribution in [2.24, 2.45) is 5.41 Å². The lowest BCUT2D eigenvalue weighted by molar-refractivity contribution is -0.188. The third kappa shape index (κ3) is 7.52. The largest absolute Gasteiger partial charge is 0.800 e. The number of hydrogen-bond donors (Lipinski definition) is 0. The molecule has 19 heavy (non-hydrogen) atoms. The fourth-order valence-electron chi connectivity index (χ4n) is 1.05. The van der Waals surface area contributed by atoms with Gasteiger partial charge < -0.3 is 14.2 Å². The lowest BCUT2D eigenvalue weighted by Crippen LogP contribution is -2.26. The Morgan fingerprint density at radius 3 is 2.05 bits per heavy atom. The first-order valence-corrected chi connectivity index (χ1v) is 9.08. The maximum atomic E-state index is 12.0. The molecule has 6 heteroatoms. The van der Waals surface area contributed by atoms with Gasteiger partial charge in [0.25, 0.3) is 0 Å². The van der Waals surface area contributed by atoms with Crippen LogP contribution in [0.3, 0.4) is 0 Å². The Balaban J connectivity index is 3.79. The molecular weight excluding hydrogens is 283 g/mol. The van der Waals surface area contributed by atoms with Crippen molar-refractivity contribution in [2.45, 2.75) is 53.1 Å². The molecule has 0 spiro atoms. The van der Waals surface area contributed by atoms with E-state index in [1.165, 1.54) is 0 Å². The summed E-state index contributed by atoms with van der Waals surface area (Å²) < 4.78 is 10.5. The minimum atomic E-state index is -3.03. The van der Waals surface area contributed by atoms with Gasteiger partial charge in [-0.25, -0.2) is 0 Å². The summed E-state index contributed by atoms with van der Waals surface area (Å²) in [7, 11) is 0. The molecule has 1 unspecified atom stereocenters. The molecule has 0 rings (SSSR count). The van der Waals surface area contributed by atoms with Crippen molar-refractivity contribution in [3.8, 4) is 0 Å². The van der Waals surface area contributed by atoms with E-state index in [1.807, 2.05) is 20.8 Å². The molecule has 0 amide bonds. The van der Waals surface area contributed by atoms with E-state index in [-0.39, 0.29) is 17.8 Å². The Bertz CT molecular complexity index is 342. The van der Waals surface area contributed by atoms with Gasteiger partial charge in [0.2, 0.25) is 0 Å². The van der Waals surface area contributed by atoms with E-state index in [0.29, 0.717) is 19.6 Å². The van der Waals surface area contributed by atoms with E-state index in [4.69, 9.17) is 21.1 Å². The zero-order chi connectivity index (χ0) is 15.3. The molecule has 0 aromatic heterocycles. The molecule has 0 aliphatic carbocycles. The Kier molecular flexibility index (Phi) is 7.35. The van der Waals surface area contributed by atoms with Gasteiger partial charge in [-0.05, 0) is 6.49 Å². The quantitative estimate of drug-likeness (QED) is 0.534. The third-order valence-corrected chi connectivity index (χ3v) is 6.75. The first-order chi connectivity index (χ1) is 8.38. The molecule has 0 aliphatic rings. The summed E-state index contributed by atoms with van der Waals surface area (Å²) in [5.41, 5.74) is -0.331. The number of carbonyl (C=O) groups is 1. The van der Waals surface area contributed by atoms with Gasteiger partial charge in [-0.3, -0.25) is 4.79 Å². The molecular formula is C13H26O4PS-. The zero-order valence-corrected chi connectivity index (χ0v) is 14.5. The van der Waals surface area contributed by atoms with Gasteiger partial charge >= 0.3 is 0 Å². The molecule has 0 bridgehead atoms. The zero-order valence-electron chi connectivity index (χ0n) is 12.8. The number of Topliss-reactive ketones (excluding diaryl/α,β-unsaturated/α-hetero) is 1. The van der Waals surface area contributed by atoms with Gasteiger partial charge in [-0.1, -0.05) is 53.3 Å². The predicted octanol–water partition coefficient (Wildman–Crippen LogP) is 2.49. The molecule has 114 valence electrons. The molecule has 0 saturated carbocycles. The lowest BCUT2D eigenvalue weighted by atomic mass is 9.89. The van der Waals surface area contributed by atoms with Crippen LogP contribution in [0, 0.1) is 5.41 Å². The lowest BCUT2D eigenvalue weighted by Gasteiger charge is -2.40. The highest BCUT2D eigenvalue weighted by atomic mass is 32.5. The van der Waals surface area contributed by atoms with E-state index in [9.17, 15) is 9.69 Å². The van der Waals surface area contributed by atoms with Crippen molar-refractivity contribution >= 4 is 24.1 Å². The van der Waals surface area contributed by atoms with Crippen molar-refractivity contribution in [1.29, 1.82) is 0 Å². The molecule has 0 radical (unpaired) electrons. The van der Waals surface area contributed by atoms with Crippen LogP contribution >= 0.6 is 6.49 Å². The second kappa shape index (κ2) is 7.28. The molecule has 4 nitrogen and oxygen atoms in total. The Hall–Kier alpha value is 0.200. The molecule has 0 aromatic rings. The molecule has 0 aromatic carbocycles. The summed E-state index contributed by atoms with van der Waals surface area (Å²) in [4.78, 5) is 23.6. The van der Waals surface area contributed by atoms with Crippen LogP contribution in [0.5, 0.6) is 0 Å². The second-order valence-electron chi connectivity index (χ2n) is 6.54. The highest BCUT2D eigenvalue weighted by Gasteiger charge is 2.22. The SMILES string of the molecule is CC(C)(C)C(=O)CCOCCOP([O-])(=S)C(C)(C)C. The molecule has 1 atom stereocenters. The van der Waals surface area contributed by atoms with E-state index < -0.39 is 11.6 Å². The normalized spacial score (nSPS) is 16.2. The van der Waals surface area contributed by atoms with Crippen LogP contribution in [0.15, 0.2) is 0 Å². The van der Waals surface area contributed by atoms with Gasteiger partial charge in [-0.2, -0.15) is 0 Å². The second-order valence-corrected chi connectivity index (χ2v) is 10.6. The summed E-state index contributed by atoms with van der Waals surface area (Å²) in [5.74, 6) is 0.164. The molecule has 0 aliphatic heterocycles. The van der Waals surface area contributed by atoms with Crippen LogP contribution in [0.25, 0.3) is 0 Å². The van der Waals surface area contributed by atoms with Gasteiger partial charge in [0.1, 0.15) is 5.78 Å². The number of ether oxygens (including phenoxy) is 1. The Labute approximate surface area is 122 Å². The van der Waals surface area contributed by atoms with Crippen molar-refractivity contribution in [1.82, 2.24) is 0 Å². The smallest absolute Gasteiger partial charge is 0.140 e. The highest BCUT2D eigenvalue weighted by molar-refractivity contribution is 8.09. The molecule has 0 heterocycles. The first kappa shape index (κ1) is 19.2. The van der Waals surface area contributed by atoms with Gasteiger partial charge in [-0.15, -0.1) is 0 Å². The number of hydrogen-bond acceptors (Lipinski definition) is 5. The molecule has 0 N–H and O–H groups in total. The topological polar surface area (TPSA) is 58.6 Å². The Morgan fingerprint density at radius 2 is 1.63 bits per heavy atom. The van der Waals surface area contributed by atoms with Crippen molar-refractivity contribution in [3.63, 3.8) is 0 Å². The Morgan fingerprint density at radius 1 is 1.11 bits per heavy atom. The van der Waals surface area contributed by atoms with Gasteiger partial charge in [0.15, 0.2) is 0 Å². The summed E-state index contributed by atoms with van der Waals surface area (Å²) in [6.07, 6.45) is 0.383. The predicted molar refractivity (Wildman–Crippen MR) is 79.9 cm³/mol. The third-order valence-electron chi connectivity index (χ3n) is 2.62. The van der Waals surface area contributed by atoms with E-state index in [1.54, 1.807) is 20.8 Å². The minimum Gasteiger partial charge on any atom is -0.800 e. The van der Waals surface area contributed by atoms with E-state index in [2.05, 4.69) is 0 Å². The summed E-state index contributed by atoms with van der Waals surface area (Å²) in [6.45, 7) is 8.86. The first-order valence-electron chi connectivity index (χ1n) is 6.45. The molecule has 0 fully saturated rings. The van der Waals surface area contributed by atoms with Crippen LogP contribution in [0.1, 0.15) is 48.0 Å². The number of carbonyl (C=O) groups excluding carboxylic acids is 1. The van der Waals surface area contributed by atoms with Crippen LogP contribution in [-0.4, -0.2) is 30.8 Å². The van der Waals surface area contributed by atoms with Crippen LogP contribution in [0.4, 0.5) is 0 Å². The summed E-state index contributed by atoms with van der Waals surface area (Å²) >= 11 is 4.97. The van der Waals surface area contributed by atoms with Crippen molar-refractivity contribution < 1.29 is 18.9 Å². The average molecular weight is 309 g/mol. The fourth-order valence-corrected chi connectivity index (χ4v) is 1.98. The van der Waals surface area contributed by atoms with E-state index >= 15 is 0 Å². The van der Waals surface area contributed by atoms with Crippen LogP contribution in [-0.2, 0) is 25.9 Å². The fraction of sp³-hybridized carbons (Fsp3) is 0.923. The van der Waals surface area contributed by atoms with Crippen LogP contribution < -0.4 is 4.89 Å². The standard InChI is InChI=1S/C13H27O4PS/c1-12(2,3)11(14)7-8-16-9-10-17-18(15,19)13(4,5)6/h7-10H2,1-6H3,(H,15,19)/p-1. The van der Waals surface area contributed by atoms with Crippen LogP contribution in [0.2, 0.25) is 0 Å². The molecule has 0 saturated heterocycles. The average Bonchev–Trinajstić information content (AvgIpc) is 2.19. The highest BCUT2D eigenvalue weighted by Crippen LogP contribution is 2.50. The maximum Gasteiger partial charge on any atom is 0.140 e. The van der Waals surface area contributed by atoms with Gasteiger partial charge in [0, 0.05) is 17.0 Å². The number of ketones is 1. The monoisotopic (exact) mass is 309 g/mol. The number of rotatable bonds is 7. The van der Waals surface area contributed by atoms with E-state index in [0.717, 1.165) is 0 Å². The summed E-state index contributed by atoms with van der Waals surface area (Å²) in [6, 6.07) is 0. The summed E-state index contributed by atoms with van der Waals surface area (Å²) in [5, 5.41) is -0.537. The minimum absolute atomic E-state index is 0.164.